The molecule has 0 spiro atoms. The molecule has 0 saturated carbocycles. The van der Waals surface area contributed by atoms with Crippen LogP contribution in [-0.2, 0) is 22.7 Å². The summed E-state index contributed by atoms with van der Waals surface area (Å²) in [4.78, 5) is 38.8. The molecular formula is C25H24ClF5N6O3. The van der Waals surface area contributed by atoms with Gasteiger partial charge in [0.2, 0.25) is 18.1 Å². The van der Waals surface area contributed by atoms with Gasteiger partial charge in [0.25, 0.3) is 5.91 Å². The highest BCUT2D eigenvalue weighted by atomic mass is 35.5. The highest BCUT2D eigenvalue weighted by Gasteiger charge is 2.46. The van der Waals surface area contributed by atoms with Crippen molar-refractivity contribution in [2.45, 2.75) is 25.2 Å². The lowest BCUT2D eigenvalue weighted by atomic mass is 10.0. The van der Waals surface area contributed by atoms with E-state index in [4.69, 9.17) is 11.6 Å². The highest BCUT2D eigenvalue weighted by molar-refractivity contribution is 6.30. The Labute approximate surface area is 230 Å². The van der Waals surface area contributed by atoms with Crippen LogP contribution in [-0.4, -0.2) is 54.6 Å². The smallest absolute Gasteiger partial charge is 0.373 e. The van der Waals surface area contributed by atoms with E-state index >= 15 is 0 Å². The largest absolute Gasteiger partial charge is 0.397 e. The fourth-order valence-electron chi connectivity index (χ4n) is 4.01. The monoisotopic (exact) mass is 586 g/mol. The molecule has 1 atom stereocenters. The van der Waals surface area contributed by atoms with Crippen molar-refractivity contribution in [3.63, 3.8) is 0 Å². The van der Waals surface area contributed by atoms with Crippen LogP contribution in [0.15, 0.2) is 42.5 Å². The molecule has 0 bridgehead atoms. The first-order valence-electron chi connectivity index (χ1n) is 11.6. The molecule has 214 valence electrons. The number of amides is 3. The van der Waals surface area contributed by atoms with Crippen molar-refractivity contribution in [3.05, 3.63) is 76.2 Å². The fourth-order valence-corrected chi connectivity index (χ4v) is 4.13. The Balaban J connectivity index is 0.000000176. The van der Waals surface area contributed by atoms with Crippen LogP contribution < -0.4 is 20.9 Å². The second-order valence-electron chi connectivity index (χ2n) is 8.55. The number of carbonyl (C=O) groups is 3. The molecule has 0 saturated heterocycles. The number of nitrogens with one attached hydrogen (secondary N) is 3. The number of aromatic nitrogens is 2. The van der Waals surface area contributed by atoms with Gasteiger partial charge in [-0.1, -0.05) is 11.6 Å². The van der Waals surface area contributed by atoms with Crippen molar-refractivity contribution < 1.29 is 36.3 Å². The van der Waals surface area contributed by atoms with E-state index in [2.05, 4.69) is 20.9 Å². The van der Waals surface area contributed by atoms with Gasteiger partial charge in [0.05, 0.1) is 18.2 Å². The zero-order chi connectivity index (χ0) is 29.6. The first-order chi connectivity index (χ1) is 18.8. The second kappa shape index (κ2) is 12.8. The maximum absolute atomic E-state index is 12.9. The van der Waals surface area contributed by atoms with Gasteiger partial charge in [-0.25, -0.2) is 13.8 Å². The minimum atomic E-state index is -4.31. The van der Waals surface area contributed by atoms with E-state index in [0.29, 0.717) is 28.6 Å². The summed E-state index contributed by atoms with van der Waals surface area (Å²) in [5, 5.41) is 8.02. The van der Waals surface area contributed by atoms with Gasteiger partial charge in [0.15, 0.2) is 5.82 Å². The summed E-state index contributed by atoms with van der Waals surface area (Å²) in [5.74, 6) is -2.65. The number of nitrogens with zero attached hydrogens (tertiary/aromatic N) is 3. The Bertz CT molecular complexity index is 1360. The molecule has 3 N–H and O–H groups in total. The van der Waals surface area contributed by atoms with Crippen LogP contribution in [0, 0.1) is 11.6 Å². The minimum Gasteiger partial charge on any atom is -0.373 e. The lowest BCUT2D eigenvalue weighted by Crippen LogP contribution is -2.36. The zero-order valence-electron chi connectivity index (χ0n) is 21.2. The van der Waals surface area contributed by atoms with Gasteiger partial charge < -0.3 is 25.4 Å². The van der Waals surface area contributed by atoms with Crippen molar-refractivity contribution >= 4 is 41.3 Å². The third-order valence-corrected chi connectivity index (χ3v) is 6.14. The first kappa shape index (κ1) is 30.3. The van der Waals surface area contributed by atoms with Crippen LogP contribution in [0.4, 0.5) is 33.5 Å². The Morgan fingerprint density at radius 2 is 1.80 bits per heavy atom. The molecule has 1 unspecified atom stereocenters. The van der Waals surface area contributed by atoms with E-state index in [-0.39, 0.29) is 42.7 Å². The molecule has 3 heterocycles. The maximum atomic E-state index is 12.9. The zero-order valence-corrected chi connectivity index (χ0v) is 21.9. The molecule has 0 radical (unpaired) electrons. The van der Waals surface area contributed by atoms with Crippen molar-refractivity contribution in [2.75, 3.05) is 30.9 Å². The molecule has 2 aliphatic heterocycles. The number of anilines is 2. The summed E-state index contributed by atoms with van der Waals surface area (Å²) in [6.07, 6.45) is -3.83. The van der Waals surface area contributed by atoms with Gasteiger partial charge in [-0.15, -0.1) is 0 Å². The van der Waals surface area contributed by atoms with Gasteiger partial charge in [0, 0.05) is 31.4 Å². The van der Waals surface area contributed by atoms with Gasteiger partial charge in [0.1, 0.15) is 18.2 Å². The molecule has 5 rings (SSSR count). The Hall–Kier alpha value is -4.20. The lowest BCUT2D eigenvalue weighted by Gasteiger charge is -2.17. The summed E-state index contributed by atoms with van der Waals surface area (Å²) >= 11 is 5.44. The van der Waals surface area contributed by atoms with E-state index in [1.807, 2.05) is 0 Å². The van der Waals surface area contributed by atoms with E-state index in [0.717, 1.165) is 6.07 Å². The predicted octanol–water partition coefficient (Wildman–Crippen LogP) is 3.84. The molecule has 3 aromatic rings. The highest BCUT2D eigenvalue weighted by Crippen LogP contribution is 2.44. The molecule has 40 heavy (non-hydrogen) atoms. The van der Waals surface area contributed by atoms with Crippen LogP contribution >= 0.6 is 11.6 Å². The van der Waals surface area contributed by atoms with Gasteiger partial charge in [-0.05, 0) is 48.0 Å². The molecule has 1 aromatic heterocycles. The second-order valence-corrected chi connectivity index (χ2v) is 8.99. The molecule has 9 nitrogen and oxygen atoms in total. The number of rotatable bonds is 3. The van der Waals surface area contributed by atoms with Crippen LogP contribution in [0.2, 0.25) is 5.02 Å². The molecule has 0 fully saturated rings. The van der Waals surface area contributed by atoms with E-state index in [9.17, 15) is 36.3 Å². The SMILES string of the molecule is CN1CC(C(F)(F)F)c2cc(F)ccc21.CNC(=O)c1nc(NC=O)c2n1CC(=O)NC2.Fc1ccc(Cl)cc1. The molecule has 2 aromatic carbocycles. The third kappa shape index (κ3) is 7.25. The molecule has 0 aliphatic carbocycles. The van der Waals surface area contributed by atoms with Gasteiger partial charge in [-0.2, -0.15) is 13.2 Å². The number of benzene rings is 2. The van der Waals surface area contributed by atoms with Crippen LogP contribution in [0.25, 0.3) is 0 Å². The predicted molar refractivity (Wildman–Crippen MR) is 137 cm³/mol. The molecular weight excluding hydrogens is 563 g/mol. The number of hydrogen-bond donors (Lipinski definition) is 3. The Morgan fingerprint density at radius 1 is 1.15 bits per heavy atom. The number of carbonyl (C=O) groups excluding carboxylic acids is 3. The average Bonchev–Trinajstić information content (AvgIpc) is 3.43. The van der Waals surface area contributed by atoms with E-state index < -0.39 is 23.8 Å². The Kier molecular flexibility index (Phi) is 9.69. The number of fused-ring (bicyclic) bond motifs is 2. The number of hydrogen-bond acceptors (Lipinski definition) is 5. The third-order valence-electron chi connectivity index (χ3n) is 5.88. The number of alkyl halides is 3. The summed E-state index contributed by atoms with van der Waals surface area (Å²) in [5.41, 5.74) is 1.10. The van der Waals surface area contributed by atoms with Gasteiger partial charge in [-0.3, -0.25) is 14.4 Å². The van der Waals surface area contributed by atoms with E-state index in [1.54, 1.807) is 7.05 Å². The van der Waals surface area contributed by atoms with Crippen molar-refractivity contribution in [3.8, 4) is 0 Å². The fraction of sp³-hybridized carbons (Fsp3) is 0.280. The average molecular weight is 587 g/mol. The van der Waals surface area contributed by atoms with E-state index in [1.165, 1.54) is 52.9 Å². The lowest BCUT2D eigenvalue weighted by molar-refractivity contribution is -0.146. The topological polar surface area (TPSA) is 108 Å². The molecule has 2 aliphatic rings. The number of halogens is 6. The normalized spacial score (nSPS) is 15.3. The van der Waals surface area contributed by atoms with Crippen LogP contribution in [0.5, 0.6) is 0 Å². The van der Waals surface area contributed by atoms with Crippen molar-refractivity contribution in [1.29, 1.82) is 0 Å². The summed E-state index contributed by atoms with van der Waals surface area (Å²) in [6.45, 7) is 0.118. The molecule has 3 amide bonds. The van der Waals surface area contributed by atoms with Crippen LogP contribution in [0.3, 0.4) is 0 Å². The van der Waals surface area contributed by atoms with Crippen molar-refractivity contribution in [1.82, 2.24) is 20.2 Å². The summed E-state index contributed by atoms with van der Waals surface area (Å²) in [7, 11) is 3.04. The quantitative estimate of drug-likeness (QED) is 0.319. The minimum absolute atomic E-state index is 0.0195. The molecule has 15 heteroatoms. The summed E-state index contributed by atoms with van der Waals surface area (Å²) < 4.78 is 64.2. The standard InChI is InChI=1S/C10H9F4N.C9H11N5O3.C6H4ClF/c1-15-5-8(10(12,13)14)7-4-6(11)2-3-9(7)15;1-10-9(17)8-13-7(12-4-15)5-2-11-6(16)3-14(5)8;7-5-1-3-6(8)4-2-5/h2-4,8H,5H2,1H3;4H,2-3H2,1H3,(H,10,17)(H,11,16)(H,12,15);1-4H. The number of imidazole rings is 1. The number of likely N-dealkylation sites (N-methyl/N-ethyl adjacent to an activating group) is 1. The van der Waals surface area contributed by atoms with Gasteiger partial charge >= 0.3 is 6.18 Å². The maximum Gasteiger partial charge on any atom is 0.397 e. The Morgan fingerprint density at radius 3 is 2.38 bits per heavy atom. The summed E-state index contributed by atoms with van der Waals surface area (Å²) in [6, 6.07) is 9.19. The van der Waals surface area contributed by atoms with Crippen LogP contribution in [0.1, 0.15) is 27.8 Å². The van der Waals surface area contributed by atoms with Crippen molar-refractivity contribution in [2.24, 2.45) is 0 Å². The first-order valence-corrected chi connectivity index (χ1v) is 12.0.